The lowest BCUT2D eigenvalue weighted by atomic mass is 9.70. The molecule has 1 aliphatic rings. The predicted molar refractivity (Wildman–Crippen MR) is 88.1 cm³/mol. The molecular formula is C16H20N4OS. The van der Waals surface area contributed by atoms with Crippen LogP contribution in [0.15, 0.2) is 35.8 Å². The first-order chi connectivity index (χ1) is 10.6. The highest BCUT2D eigenvalue weighted by Gasteiger charge is 2.38. The number of anilines is 1. The Balaban J connectivity index is 1.74. The molecule has 0 spiro atoms. The topological polar surface area (TPSA) is 58.1 Å². The molecule has 5 nitrogen and oxygen atoms in total. The lowest BCUT2D eigenvalue weighted by Gasteiger charge is -2.44. The molecule has 0 bridgehead atoms. The average molecular weight is 316 g/mol. The van der Waals surface area contributed by atoms with Gasteiger partial charge in [0.25, 0.3) is 0 Å². The molecule has 1 N–H and O–H groups in total. The van der Waals surface area contributed by atoms with Gasteiger partial charge in [-0.3, -0.25) is 5.32 Å². The molecule has 0 aliphatic carbocycles. The van der Waals surface area contributed by atoms with Crippen LogP contribution in [0.3, 0.4) is 0 Å². The molecular weight excluding hydrogens is 296 g/mol. The highest BCUT2D eigenvalue weighted by molar-refractivity contribution is 7.13. The van der Waals surface area contributed by atoms with Crippen LogP contribution in [0.2, 0.25) is 0 Å². The van der Waals surface area contributed by atoms with E-state index in [0.717, 1.165) is 19.5 Å². The first-order valence-corrected chi connectivity index (χ1v) is 8.31. The van der Waals surface area contributed by atoms with Crippen molar-refractivity contribution >= 4 is 22.5 Å². The number of rotatable bonds is 2. The Morgan fingerprint density at radius 1 is 1.36 bits per heavy atom. The number of hydrogen-bond acceptors (Lipinski definition) is 4. The van der Waals surface area contributed by atoms with Crippen LogP contribution < -0.4 is 5.32 Å². The molecule has 3 rings (SSSR count). The van der Waals surface area contributed by atoms with Crippen molar-refractivity contribution < 1.29 is 4.79 Å². The number of benzene rings is 1. The van der Waals surface area contributed by atoms with E-state index in [1.54, 1.807) is 5.51 Å². The van der Waals surface area contributed by atoms with Gasteiger partial charge in [0.1, 0.15) is 5.51 Å². The Morgan fingerprint density at radius 2 is 2.14 bits per heavy atom. The van der Waals surface area contributed by atoms with Crippen LogP contribution in [0.4, 0.5) is 9.93 Å². The molecule has 2 heterocycles. The van der Waals surface area contributed by atoms with E-state index in [1.807, 2.05) is 11.0 Å². The van der Waals surface area contributed by atoms with E-state index in [-0.39, 0.29) is 11.4 Å². The van der Waals surface area contributed by atoms with Crippen LogP contribution in [0.25, 0.3) is 0 Å². The van der Waals surface area contributed by atoms with Crippen molar-refractivity contribution in [2.45, 2.75) is 26.2 Å². The van der Waals surface area contributed by atoms with Crippen molar-refractivity contribution in [2.75, 3.05) is 18.4 Å². The van der Waals surface area contributed by atoms with E-state index < -0.39 is 0 Å². The van der Waals surface area contributed by atoms with Crippen molar-refractivity contribution in [1.82, 2.24) is 15.1 Å². The quantitative estimate of drug-likeness (QED) is 0.921. The standard InChI is InChI=1S/C16H20N4OS/c1-16(2)8-9-20(15(21)18-14-19-17-11-22-14)10-13(16)12-6-4-3-5-7-12/h3-7,11,13H,8-10H2,1-2H3,(H,18,19,21). The number of piperidine rings is 1. The number of nitrogens with zero attached hydrogens (tertiary/aromatic N) is 3. The molecule has 2 aromatic rings. The molecule has 1 aromatic carbocycles. The molecule has 1 aliphatic heterocycles. The third-order valence-corrected chi connectivity index (χ3v) is 5.04. The van der Waals surface area contributed by atoms with Crippen LogP contribution in [0, 0.1) is 5.41 Å². The minimum atomic E-state index is -0.0896. The summed E-state index contributed by atoms with van der Waals surface area (Å²) in [7, 11) is 0. The van der Waals surface area contributed by atoms with Gasteiger partial charge in [0, 0.05) is 19.0 Å². The predicted octanol–water partition coefficient (Wildman–Crippen LogP) is 3.59. The minimum absolute atomic E-state index is 0.0896. The summed E-state index contributed by atoms with van der Waals surface area (Å²) in [6, 6.07) is 10.4. The number of amides is 2. The summed E-state index contributed by atoms with van der Waals surface area (Å²) >= 11 is 1.33. The van der Waals surface area contributed by atoms with Crippen molar-refractivity contribution in [3.8, 4) is 0 Å². The van der Waals surface area contributed by atoms with Gasteiger partial charge in [0.15, 0.2) is 0 Å². The van der Waals surface area contributed by atoms with E-state index in [4.69, 9.17) is 0 Å². The summed E-state index contributed by atoms with van der Waals surface area (Å²) < 4.78 is 0. The number of carbonyl (C=O) groups is 1. The van der Waals surface area contributed by atoms with Crippen molar-refractivity contribution in [3.05, 3.63) is 41.4 Å². The zero-order valence-electron chi connectivity index (χ0n) is 12.8. The Morgan fingerprint density at radius 3 is 2.82 bits per heavy atom. The van der Waals surface area contributed by atoms with Gasteiger partial charge in [0.05, 0.1) is 0 Å². The molecule has 1 fully saturated rings. The molecule has 1 atom stereocenters. The molecule has 0 radical (unpaired) electrons. The van der Waals surface area contributed by atoms with Gasteiger partial charge in [-0.25, -0.2) is 4.79 Å². The van der Waals surface area contributed by atoms with E-state index in [0.29, 0.717) is 11.0 Å². The van der Waals surface area contributed by atoms with E-state index >= 15 is 0 Å². The van der Waals surface area contributed by atoms with Crippen molar-refractivity contribution in [1.29, 1.82) is 0 Å². The highest BCUT2D eigenvalue weighted by atomic mass is 32.1. The zero-order valence-corrected chi connectivity index (χ0v) is 13.6. The van der Waals surface area contributed by atoms with Gasteiger partial charge >= 0.3 is 6.03 Å². The van der Waals surface area contributed by atoms with Crippen molar-refractivity contribution in [2.24, 2.45) is 5.41 Å². The molecule has 1 unspecified atom stereocenters. The SMILES string of the molecule is CC1(C)CCN(C(=O)Nc2nncs2)CC1c1ccccc1. The first kappa shape index (κ1) is 15.0. The molecule has 116 valence electrons. The van der Waals surface area contributed by atoms with Crippen LogP contribution in [-0.2, 0) is 0 Å². The maximum absolute atomic E-state index is 12.4. The second-order valence-corrected chi connectivity index (χ2v) is 7.16. The zero-order chi connectivity index (χ0) is 15.6. The monoisotopic (exact) mass is 316 g/mol. The van der Waals surface area contributed by atoms with Gasteiger partial charge in [-0.1, -0.05) is 55.5 Å². The maximum atomic E-state index is 12.4. The second kappa shape index (κ2) is 6.04. The lowest BCUT2D eigenvalue weighted by Crippen LogP contribution is -2.47. The fourth-order valence-electron chi connectivity index (χ4n) is 2.98. The third-order valence-electron chi connectivity index (χ3n) is 4.44. The van der Waals surface area contributed by atoms with E-state index in [9.17, 15) is 4.79 Å². The molecule has 2 amide bonds. The summed E-state index contributed by atoms with van der Waals surface area (Å²) in [6.45, 7) is 6.05. The second-order valence-electron chi connectivity index (χ2n) is 6.32. The average Bonchev–Trinajstić information content (AvgIpc) is 3.00. The third kappa shape index (κ3) is 3.11. The molecule has 22 heavy (non-hydrogen) atoms. The maximum Gasteiger partial charge on any atom is 0.323 e. The number of nitrogens with one attached hydrogen (secondary N) is 1. The van der Waals surface area contributed by atoms with Crippen LogP contribution in [0.5, 0.6) is 0 Å². The Labute approximate surface area is 134 Å². The molecule has 0 saturated carbocycles. The van der Waals surface area contributed by atoms with Gasteiger partial charge in [0.2, 0.25) is 5.13 Å². The van der Waals surface area contributed by atoms with Gasteiger partial charge in [-0.2, -0.15) is 0 Å². The van der Waals surface area contributed by atoms with E-state index in [1.165, 1.54) is 16.9 Å². The van der Waals surface area contributed by atoms with Gasteiger partial charge < -0.3 is 4.90 Å². The summed E-state index contributed by atoms with van der Waals surface area (Å²) in [6.07, 6.45) is 0.982. The Bertz CT molecular complexity index is 627. The van der Waals surface area contributed by atoms with Crippen molar-refractivity contribution in [3.63, 3.8) is 0 Å². The molecule has 1 saturated heterocycles. The Kier molecular flexibility index (Phi) is 4.11. The Hall–Kier alpha value is -1.95. The lowest BCUT2D eigenvalue weighted by molar-refractivity contribution is 0.124. The number of urea groups is 1. The van der Waals surface area contributed by atoms with Crippen LogP contribution in [-0.4, -0.2) is 34.2 Å². The highest BCUT2D eigenvalue weighted by Crippen LogP contribution is 2.42. The van der Waals surface area contributed by atoms with Gasteiger partial charge in [-0.05, 0) is 17.4 Å². The number of carbonyl (C=O) groups excluding carboxylic acids is 1. The number of hydrogen-bond donors (Lipinski definition) is 1. The number of aromatic nitrogens is 2. The summed E-state index contributed by atoms with van der Waals surface area (Å²) in [5.74, 6) is 0.336. The first-order valence-electron chi connectivity index (χ1n) is 7.43. The van der Waals surface area contributed by atoms with E-state index in [2.05, 4.69) is 53.6 Å². The normalized spacial score (nSPS) is 20.6. The molecule has 6 heteroatoms. The number of likely N-dealkylation sites (tertiary alicyclic amines) is 1. The fraction of sp³-hybridized carbons (Fsp3) is 0.438. The largest absolute Gasteiger partial charge is 0.324 e. The summed E-state index contributed by atoms with van der Waals surface area (Å²) in [5, 5.41) is 11.0. The van der Waals surface area contributed by atoms with Crippen LogP contribution in [0.1, 0.15) is 31.7 Å². The van der Waals surface area contributed by atoms with Crippen LogP contribution >= 0.6 is 11.3 Å². The smallest absolute Gasteiger partial charge is 0.323 e. The molecule has 1 aromatic heterocycles. The fourth-order valence-corrected chi connectivity index (χ4v) is 3.42. The summed E-state index contributed by atoms with van der Waals surface area (Å²) in [5.41, 5.74) is 3.09. The summed E-state index contributed by atoms with van der Waals surface area (Å²) in [4.78, 5) is 14.3. The van der Waals surface area contributed by atoms with Gasteiger partial charge in [-0.15, -0.1) is 10.2 Å². The minimum Gasteiger partial charge on any atom is -0.324 e.